The number of hydrogen-bond donors (Lipinski definition) is 2. The molecule has 0 aliphatic rings. The van der Waals surface area contributed by atoms with Gasteiger partial charge in [-0.15, -0.1) is 0 Å². The number of aryl methyl sites for hydroxylation is 1. The number of rotatable bonds is 5. The molecule has 6 nitrogen and oxygen atoms in total. The number of nitrogens with zero attached hydrogens (tertiary/aromatic N) is 1. The zero-order valence-corrected chi connectivity index (χ0v) is 16.2. The van der Waals surface area contributed by atoms with E-state index in [0.717, 1.165) is 16.7 Å². The molecule has 0 aromatic heterocycles. The van der Waals surface area contributed by atoms with Crippen LogP contribution in [-0.4, -0.2) is 15.5 Å². The van der Waals surface area contributed by atoms with Crippen molar-refractivity contribution in [3.05, 3.63) is 71.8 Å². The van der Waals surface area contributed by atoms with E-state index >= 15 is 0 Å². The third-order valence-corrected chi connectivity index (χ3v) is 5.71. The van der Waals surface area contributed by atoms with Crippen LogP contribution in [0.3, 0.4) is 0 Å². The second-order valence-electron chi connectivity index (χ2n) is 6.23. The van der Waals surface area contributed by atoms with Gasteiger partial charge in [0.2, 0.25) is 0 Å². The molecular formula is C21H19N3O3S. The quantitative estimate of drug-likeness (QED) is 0.639. The number of hydrogen-bond acceptors (Lipinski definition) is 5. The Kier molecular flexibility index (Phi) is 5.25. The third-order valence-electron chi connectivity index (χ3n) is 4.33. The van der Waals surface area contributed by atoms with E-state index in [1.54, 1.807) is 36.4 Å². The van der Waals surface area contributed by atoms with Crippen LogP contribution in [0.2, 0.25) is 0 Å². The van der Waals surface area contributed by atoms with Gasteiger partial charge in [0.15, 0.2) is 0 Å². The van der Waals surface area contributed by atoms with Crippen molar-refractivity contribution in [3.8, 4) is 22.9 Å². The summed E-state index contributed by atoms with van der Waals surface area (Å²) in [5.41, 5.74) is 9.41. The molecule has 0 atom stereocenters. The Morgan fingerprint density at radius 3 is 2.29 bits per heavy atom. The highest BCUT2D eigenvalue weighted by molar-refractivity contribution is 7.92. The standard InChI is InChI=1S/C21H19N3O3S/c1-14-3-4-15(16-5-6-17(13-22)21(12-16)27-2)11-20(14)24-28(25,26)19-9-7-18(23)8-10-19/h3-12,24H,23H2,1-2H3. The molecule has 3 N–H and O–H groups in total. The summed E-state index contributed by atoms with van der Waals surface area (Å²) >= 11 is 0. The minimum absolute atomic E-state index is 0.131. The van der Waals surface area contributed by atoms with Gasteiger partial charge in [0, 0.05) is 5.69 Å². The van der Waals surface area contributed by atoms with Crippen molar-refractivity contribution in [2.24, 2.45) is 0 Å². The minimum Gasteiger partial charge on any atom is -0.495 e. The molecule has 0 spiro atoms. The molecule has 0 heterocycles. The molecule has 0 radical (unpaired) electrons. The largest absolute Gasteiger partial charge is 0.495 e. The summed E-state index contributed by atoms with van der Waals surface area (Å²) in [4.78, 5) is 0.131. The average Bonchev–Trinajstić information content (AvgIpc) is 2.69. The van der Waals surface area contributed by atoms with Crippen molar-refractivity contribution >= 4 is 21.4 Å². The van der Waals surface area contributed by atoms with Crippen molar-refractivity contribution in [2.45, 2.75) is 11.8 Å². The smallest absolute Gasteiger partial charge is 0.261 e. The topological polar surface area (TPSA) is 105 Å². The second kappa shape index (κ2) is 7.62. The van der Waals surface area contributed by atoms with E-state index in [9.17, 15) is 8.42 Å². The van der Waals surface area contributed by atoms with E-state index in [2.05, 4.69) is 10.8 Å². The lowest BCUT2D eigenvalue weighted by atomic mass is 10.0. The molecule has 3 rings (SSSR count). The van der Waals surface area contributed by atoms with Gasteiger partial charge in [-0.3, -0.25) is 4.72 Å². The van der Waals surface area contributed by atoms with Gasteiger partial charge in [-0.1, -0.05) is 18.2 Å². The molecule has 3 aromatic carbocycles. The highest BCUT2D eigenvalue weighted by Gasteiger charge is 2.16. The molecule has 0 aliphatic heterocycles. The second-order valence-corrected chi connectivity index (χ2v) is 7.91. The van der Waals surface area contributed by atoms with Crippen molar-refractivity contribution in [3.63, 3.8) is 0 Å². The van der Waals surface area contributed by atoms with Crippen LogP contribution in [0, 0.1) is 18.3 Å². The fraction of sp³-hybridized carbons (Fsp3) is 0.0952. The van der Waals surface area contributed by atoms with E-state index in [1.165, 1.54) is 19.2 Å². The van der Waals surface area contributed by atoms with Crippen LogP contribution < -0.4 is 15.2 Å². The van der Waals surface area contributed by atoms with E-state index < -0.39 is 10.0 Å². The Balaban J connectivity index is 1.98. The molecule has 0 saturated carbocycles. The molecule has 0 saturated heterocycles. The van der Waals surface area contributed by atoms with Crippen molar-refractivity contribution < 1.29 is 13.2 Å². The van der Waals surface area contributed by atoms with Crippen LogP contribution in [0.25, 0.3) is 11.1 Å². The minimum atomic E-state index is -3.75. The summed E-state index contributed by atoms with van der Waals surface area (Å²) in [5, 5.41) is 9.13. The van der Waals surface area contributed by atoms with Crippen molar-refractivity contribution in [1.82, 2.24) is 0 Å². The first-order valence-electron chi connectivity index (χ1n) is 8.41. The van der Waals surface area contributed by atoms with E-state index in [0.29, 0.717) is 22.7 Å². The van der Waals surface area contributed by atoms with Gasteiger partial charge < -0.3 is 10.5 Å². The number of ether oxygens (including phenoxy) is 1. The zero-order valence-electron chi connectivity index (χ0n) is 15.4. The zero-order chi connectivity index (χ0) is 20.3. The predicted octanol–water partition coefficient (Wildman–Crippen LogP) is 3.93. The number of methoxy groups -OCH3 is 1. The van der Waals surface area contributed by atoms with Crippen LogP contribution in [-0.2, 0) is 10.0 Å². The first-order chi connectivity index (χ1) is 13.3. The maximum Gasteiger partial charge on any atom is 0.261 e. The summed E-state index contributed by atoms with van der Waals surface area (Å²) in [6, 6.07) is 18.8. The maximum absolute atomic E-state index is 12.7. The fourth-order valence-electron chi connectivity index (χ4n) is 2.73. The number of benzene rings is 3. The molecule has 3 aromatic rings. The van der Waals surface area contributed by atoms with Gasteiger partial charge in [-0.05, 0) is 66.1 Å². The normalized spacial score (nSPS) is 10.9. The Labute approximate surface area is 164 Å². The fourth-order valence-corrected chi connectivity index (χ4v) is 3.85. The first kappa shape index (κ1) is 19.3. The molecule has 0 fully saturated rings. The Morgan fingerprint density at radius 2 is 1.64 bits per heavy atom. The van der Waals surface area contributed by atoms with Gasteiger partial charge in [0.05, 0.1) is 23.3 Å². The molecule has 7 heteroatoms. The molecule has 0 aliphatic carbocycles. The van der Waals surface area contributed by atoms with Gasteiger partial charge in [0.1, 0.15) is 11.8 Å². The Hall–Kier alpha value is -3.50. The van der Waals surface area contributed by atoms with Gasteiger partial charge >= 0.3 is 0 Å². The van der Waals surface area contributed by atoms with Crippen LogP contribution in [0.15, 0.2) is 65.6 Å². The number of anilines is 2. The number of nitrogen functional groups attached to an aromatic ring is 1. The lowest BCUT2D eigenvalue weighted by molar-refractivity contribution is 0.413. The van der Waals surface area contributed by atoms with Crippen LogP contribution in [0.5, 0.6) is 5.75 Å². The summed E-state index contributed by atoms with van der Waals surface area (Å²) in [6.07, 6.45) is 0. The van der Waals surface area contributed by atoms with Crippen LogP contribution >= 0.6 is 0 Å². The predicted molar refractivity (Wildman–Crippen MR) is 110 cm³/mol. The van der Waals surface area contributed by atoms with Gasteiger partial charge in [-0.25, -0.2) is 8.42 Å². The number of sulfonamides is 1. The lowest BCUT2D eigenvalue weighted by Crippen LogP contribution is -2.13. The third kappa shape index (κ3) is 3.92. The molecule has 0 bridgehead atoms. The summed E-state index contributed by atoms with van der Waals surface area (Å²) in [5.74, 6) is 0.463. The Morgan fingerprint density at radius 1 is 1.00 bits per heavy atom. The maximum atomic E-state index is 12.7. The van der Waals surface area contributed by atoms with Crippen molar-refractivity contribution in [2.75, 3.05) is 17.6 Å². The molecule has 0 amide bonds. The SMILES string of the molecule is COc1cc(-c2ccc(C)c(NS(=O)(=O)c3ccc(N)cc3)c2)ccc1C#N. The molecule has 0 unspecified atom stereocenters. The van der Waals surface area contributed by atoms with E-state index in [-0.39, 0.29) is 4.90 Å². The monoisotopic (exact) mass is 393 g/mol. The van der Waals surface area contributed by atoms with E-state index in [4.69, 9.17) is 15.7 Å². The van der Waals surface area contributed by atoms with Gasteiger partial charge in [0.25, 0.3) is 10.0 Å². The summed E-state index contributed by atoms with van der Waals surface area (Å²) in [6.45, 7) is 1.82. The number of nitriles is 1. The summed E-state index contributed by atoms with van der Waals surface area (Å²) < 4.78 is 33.3. The van der Waals surface area contributed by atoms with E-state index in [1.807, 2.05) is 19.1 Å². The first-order valence-corrected chi connectivity index (χ1v) is 9.90. The van der Waals surface area contributed by atoms with Crippen LogP contribution in [0.1, 0.15) is 11.1 Å². The van der Waals surface area contributed by atoms with Crippen LogP contribution in [0.4, 0.5) is 11.4 Å². The highest BCUT2D eigenvalue weighted by Crippen LogP contribution is 2.30. The molecule has 142 valence electrons. The Bertz CT molecular complexity index is 1160. The lowest BCUT2D eigenvalue weighted by Gasteiger charge is -2.13. The van der Waals surface area contributed by atoms with Crippen molar-refractivity contribution in [1.29, 1.82) is 5.26 Å². The summed E-state index contributed by atoms with van der Waals surface area (Å²) in [7, 11) is -2.25. The highest BCUT2D eigenvalue weighted by atomic mass is 32.2. The number of nitrogens with one attached hydrogen (secondary N) is 1. The molecule has 28 heavy (non-hydrogen) atoms. The molecular weight excluding hydrogens is 374 g/mol. The number of nitrogens with two attached hydrogens (primary N) is 1. The average molecular weight is 393 g/mol. The van der Waals surface area contributed by atoms with Gasteiger partial charge in [-0.2, -0.15) is 5.26 Å².